The molecule has 5 nitrogen and oxygen atoms in total. The Morgan fingerprint density at radius 3 is 2.45 bits per heavy atom. The number of nitrogens with two attached hydrogens (primary N) is 1. The highest BCUT2D eigenvalue weighted by atomic mass is 35.5. The van der Waals surface area contributed by atoms with Crippen molar-refractivity contribution in [3.8, 4) is 0 Å². The van der Waals surface area contributed by atoms with Crippen molar-refractivity contribution in [3.05, 3.63) is 24.3 Å². The molecule has 2 N–H and O–H groups in total. The van der Waals surface area contributed by atoms with Crippen LogP contribution in [-0.4, -0.2) is 45.3 Å². The number of hydrogen-bond acceptors (Lipinski definition) is 4. The minimum atomic E-state index is -0.209. The molecule has 126 valence electrons. The summed E-state index contributed by atoms with van der Waals surface area (Å²) < 4.78 is 5.21. The van der Waals surface area contributed by atoms with Crippen LogP contribution in [0.15, 0.2) is 24.3 Å². The van der Waals surface area contributed by atoms with E-state index in [1.54, 1.807) is 7.11 Å². The van der Waals surface area contributed by atoms with Gasteiger partial charge < -0.3 is 20.3 Å². The third-order valence-corrected chi connectivity index (χ3v) is 3.79. The van der Waals surface area contributed by atoms with Crippen molar-refractivity contribution >= 4 is 42.1 Å². The minimum Gasteiger partial charge on any atom is -0.380 e. The van der Waals surface area contributed by atoms with Crippen LogP contribution in [0.5, 0.6) is 0 Å². The Labute approximate surface area is 144 Å². The van der Waals surface area contributed by atoms with Crippen molar-refractivity contribution < 1.29 is 9.53 Å². The van der Waals surface area contributed by atoms with E-state index < -0.39 is 0 Å². The fourth-order valence-corrected chi connectivity index (χ4v) is 2.58. The van der Waals surface area contributed by atoms with Gasteiger partial charge in [-0.1, -0.05) is 12.1 Å². The summed E-state index contributed by atoms with van der Waals surface area (Å²) >= 11 is 0. The SMILES string of the molecule is CCN1CCN(C(=O)CC(CN)OC)c2ccccc21.Cl.Cl. The van der Waals surface area contributed by atoms with Gasteiger partial charge in [-0.25, -0.2) is 0 Å². The number of amides is 1. The number of nitrogens with zero attached hydrogens (tertiary/aromatic N) is 2. The lowest BCUT2D eigenvalue weighted by Gasteiger charge is -2.37. The molecule has 0 fully saturated rings. The van der Waals surface area contributed by atoms with E-state index in [-0.39, 0.29) is 36.8 Å². The Balaban J connectivity index is 0.00000220. The fraction of sp³-hybridized carbons (Fsp3) is 0.533. The second-order valence-electron chi connectivity index (χ2n) is 4.91. The zero-order valence-electron chi connectivity index (χ0n) is 13.0. The maximum absolute atomic E-state index is 12.5. The molecular weight excluding hydrogens is 325 g/mol. The average molecular weight is 350 g/mol. The third-order valence-electron chi connectivity index (χ3n) is 3.79. The maximum atomic E-state index is 12.5. The number of ether oxygens (including phenoxy) is 1. The van der Waals surface area contributed by atoms with Crippen LogP contribution in [0.2, 0.25) is 0 Å². The molecule has 2 rings (SSSR count). The molecule has 0 saturated heterocycles. The normalized spacial score (nSPS) is 14.5. The summed E-state index contributed by atoms with van der Waals surface area (Å²) in [5.74, 6) is 0.0745. The number of hydrogen-bond donors (Lipinski definition) is 1. The van der Waals surface area contributed by atoms with E-state index in [9.17, 15) is 4.79 Å². The van der Waals surface area contributed by atoms with Crippen LogP contribution in [-0.2, 0) is 9.53 Å². The molecule has 1 heterocycles. The molecule has 0 radical (unpaired) electrons. The molecule has 1 amide bonds. The number of halogens is 2. The number of rotatable bonds is 5. The number of methoxy groups -OCH3 is 1. The molecule has 0 spiro atoms. The van der Waals surface area contributed by atoms with Crippen molar-refractivity contribution in [2.75, 3.05) is 43.1 Å². The largest absolute Gasteiger partial charge is 0.380 e. The van der Waals surface area contributed by atoms with E-state index >= 15 is 0 Å². The third kappa shape index (κ3) is 4.49. The molecular formula is C15H25Cl2N3O2. The van der Waals surface area contributed by atoms with Crippen LogP contribution in [0.3, 0.4) is 0 Å². The van der Waals surface area contributed by atoms with Crippen LogP contribution in [0, 0.1) is 0 Å². The molecule has 1 aliphatic heterocycles. The molecule has 1 aliphatic rings. The van der Waals surface area contributed by atoms with Crippen LogP contribution < -0.4 is 15.5 Å². The Morgan fingerprint density at radius 2 is 1.91 bits per heavy atom. The smallest absolute Gasteiger partial charge is 0.229 e. The summed E-state index contributed by atoms with van der Waals surface area (Å²) in [6.07, 6.45) is 0.117. The zero-order valence-corrected chi connectivity index (χ0v) is 14.7. The number of anilines is 2. The van der Waals surface area contributed by atoms with E-state index in [0.29, 0.717) is 19.5 Å². The van der Waals surface area contributed by atoms with Gasteiger partial charge in [-0.2, -0.15) is 0 Å². The van der Waals surface area contributed by atoms with Crippen LogP contribution >= 0.6 is 24.8 Å². The summed E-state index contributed by atoms with van der Waals surface area (Å²) in [5.41, 5.74) is 7.70. The van der Waals surface area contributed by atoms with Gasteiger partial charge in [0.05, 0.1) is 23.9 Å². The summed E-state index contributed by atoms with van der Waals surface area (Å²) in [6.45, 7) is 5.01. The highest BCUT2D eigenvalue weighted by Gasteiger charge is 2.26. The highest BCUT2D eigenvalue weighted by Crippen LogP contribution is 2.33. The summed E-state index contributed by atoms with van der Waals surface area (Å²) in [7, 11) is 1.59. The van der Waals surface area contributed by atoms with Crippen molar-refractivity contribution in [3.63, 3.8) is 0 Å². The lowest BCUT2D eigenvalue weighted by Crippen LogP contribution is -2.45. The maximum Gasteiger partial charge on any atom is 0.229 e. The average Bonchev–Trinajstić information content (AvgIpc) is 2.51. The first kappa shape index (κ1) is 21.0. The van der Waals surface area contributed by atoms with Gasteiger partial charge in [0.2, 0.25) is 5.91 Å². The van der Waals surface area contributed by atoms with Gasteiger partial charge in [0, 0.05) is 33.3 Å². The predicted octanol–water partition coefficient (Wildman–Crippen LogP) is 2.07. The summed E-state index contributed by atoms with van der Waals surface area (Å²) in [5, 5.41) is 0. The minimum absolute atomic E-state index is 0. The number of benzene rings is 1. The molecule has 0 aliphatic carbocycles. The standard InChI is InChI=1S/C15H23N3O2.2ClH/c1-3-17-8-9-18(14-7-5-4-6-13(14)17)15(19)10-12(11-16)20-2;;/h4-7,12H,3,8-11,16H2,1-2H3;2*1H. The molecule has 7 heteroatoms. The summed E-state index contributed by atoms with van der Waals surface area (Å²) in [4.78, 5) is 16.6. The topological polar surface area (TPSA) is 58.8 Å². The molecule has 22 heavy (non-hydrogen) atoms. The highest BCUT2D eigenvalue weighted by molar-refractivity contribution is 5.98. The molecule has 1 aromatic carbocycles. The van der Waals surface area contributed by atoms with Crippen molar-refractivity contribution in [1.29, 1.82) is 0 Å². The lowest BCUT2D eigenvalue weighted by molar-refractivity contribution is -0.120. The van der Waals surface area contributed by atoms with Gasteiger partial charge in [0.15, 0.2) is 0 Å². The Kier molecular flexibility index (Phi) is 9.44. The molecule has 0 saturated carbocycles. The van der Waals surface area contributed by atoms with Gasteiger partial charge in [0.25, 0.3) is 0 Å². The second-order valence-corrected chi connectivity index (χ2v) is 4.91. The number of carbonyl (C=O) groups excluding carboxylic acids is 1. The zero-order chi connectivity index (χ0) is 14.5. The van der Waals surface area contributed by atoms with E-state index in [1.807, 2.05) is 23.1 Å². The lowest BCUT2D eigenvalue weighted by atomic mass is 10.1. The van der Waals surface area contributed by atoms with E-state index in [4.69, 9.17) is 10.5 Å². The Morgan fingerprint density at radius 1 is 1.27 bits per heavy atom. The number of likely N-dealkylation sites (N-methyl/N-ethyl adjacent to an activating group) is 1. The van der Waals surface area contributed by atoms with Gasteiger partial charge in [-0.05, 0) is 19.1 Å². The molecule has 1 aromatic rings. The second kappa shape index (κ2) is 9.90. The quantitative estimate of drug-likeness (QED) is 0.883. The Bertz CT molecular complexity index is 470. The number of para-hydroxylation sites is 2. The summed E-state index contributed by atoms with van der Waals surface area (Å²) in [6, 6.07) is 8.04. The van der Waals surface area contributed by atoms with Crippen LogP contribution in [0.25, 0.3) is 0 Å². The monoisotopic (exact) mass is 349 g/mol. The van der Waals surface area contributed by atoms with Gasteiger partial charge >= 0.3 is 0 Å². The van der Waals surface area contributed by atoms with E-state index in [1.165, 1.54) is 0 Å². The van der Waals surface area contributed by atoms with Crippen molar-refractivity contribution in [2.24, 2.45) is 5.73 Å². The molecule has 1 atom stereocenters. The predicted molar refractivity (Wildman–Crippen MR) is 95.6 cm³/mol. The van der Waals surface area contributed by atoms with E-state index in [0.717, 1.165) is 24.5 Å². The number of carbonyl (C=O) groups is 1. The fourth-order valence-electron chi connectivity index (χ4n) is 2.58. The van der Waals surface area contributed by atoms with Crippen molar-refractivity contribution in [1.82, 2.24) is 0 Å². The first-order valence-corrected chi connectivity index (χ1v) is 7.08. The van der Waals surface area contributed by atoms with Gasteiger partial charge in [-0.15, -0.1) is 24.8 Å². The Hall–Kier alpha value is -1.01. The van der Waals surface area contributed by atoms with Crippen LogP contribution in [0.1, 0.15) is 13.3 Å². The van der Waals surface area contributed by atoms with E-state index in [2.05, 4.69) is 17.9 Å². The van der Waals surface area contributed by atoms with Gasteiger partial charge in [-0.3, -0.25) is 4.79 Å². The molecule has 0 aromatic heterocycles. The van der Waals surface area contributed by atoms with Crippen molar-refractivity contribution in [2.45, 2.75) is 19.4 Å². The van der Waals surface area contributed by atoms with Crippen LogP contribution in [0.4, 0.5) is 11.4 Å². The first-order chi connectivity index (χ1) is 9.71. The van der Waals surface area contributed by atoms with Gasteiger partial charge in [0.1, 0.15) is 0 Å². The number of fused-ring (bicyclic) bond motifs is 1. The molecule has 0 bridgehead atoms. The first-order valence-electron chi connectivity index (χ1n) is 7.08. The molecule has 1 unspecified atom stereocenters.